The van der Waals surface area contributed by atoms with E-state index >= 15 is 0 Å². The van der Waals surface area contributed by atoms with Crippen LogP contribution in [0.4, 0.5) is 8.78 Å². The quantitative estimate of drug-likeness (QED) is 0.738. The number of hydrogen-bond donors (Lipinski definition) is 0. The molecule has 3 rings (SSSR count). The fourth-order valence-corrected chi connectivity index (χ4v) is 2.94. The van der Waals surface area contributed by atoms with Crippen LogP contribution in [0.2, 0.25) is 0 Å². The first-order valence-corrected chi connectivity index (χ1v) is 8.60. The van der Waals surface area contributed by atoms with Gasteiger partial charge in [0.05, 0.1) is 0 Å². The number of carbonyl (C=O) groups excluding carboxylic acids is 1. The molecule has 1 aliphatic rings. The van der Waals surface area contributed by atoms with Crippen LogP contribution < -0.4 is 4.74 Å². The predicted molar refractivity (Wildman–Crippen MR) is 92.7 cm³/mol. The van der Waals surface area contributed by atoms with Crippen LogP contribution >= 0.6 is 0 Å². The molecule has 0 radical (unpaired) electrons. The molecule has 1 unspecified atom stereocenters. The first-order chi connectivity index (χ1) is 12.5. The second-order valence-corrected chi connectivity index (χ2v) is 6.40. The molecule has 0 aromatic heterocycles. The highest BCUT2D eigenvalue weighted by Gasteiger charge is 2.28. The smallest absolute Gasteiger partial charge is 0.347 e. The summed E-state index contributed by atoms with van der Waals surface area (Å²) in [7, 11) is 0. The van der Waals surface area contributed by atoms with Crippen LogP contribution in [0.5, 0.6) is 5.75 Å². The van der Waals surface area contributed by atoms with Crippen molar-refractivity contribution in [3.63, 3.8) is 0 Å². The van der Waals surface area contributed by atoms with Crippen molar-refractivity contribution in [2.24, 2.45) is 0 Å². The van der Waals surface area contributed by atoms with E-state index in [1.807, 2.05) is 18.2 Å². The molecule has 0 N–H and O–H groups in total. The monoisotopic (exact) mass is 361 g/mol. The Morgan fingerprint density at radius 2 is 1.96 bits per heavy atom. The van der Waals surface area contributed by atoms with Crippen molar-refractivity contribution in [1.29, 1.82) is 0 Å². The molecule has 0 saturated carbocycles. The molecule has 2 aromatic carbocycles. The van der Waals surface area contributed by atoms with Crippen LogP contribution in [-0.2, 0) is 16.1 Å². The SMILES string of the molecule is CC(Oc1ccc(F)c(F)c1)C(=O)O[C@@H]1CCN(Cc2ccccc2)C1. The fraction of sp³-hybridized carbons (Fsp3) is 0.350. The van der Waals surface area contributed by atoms with Gasteiger partial charge in [-0.3, -0.25) is 4.90 Å². The molecule has 1 aliphatic heterocycles. The summed E-state index contributed by atoms with van der Waals surface area (Å²) in [4.78, 5) is 14.4. The van der Waals surface area contributed by atoms with Gasteiger partial charge >= 0.3 is 5.97 Å². The Bertz CT molecular complexity index is 754. The van der Waals surface area contributed by atoms with E-state index < -0.39 is 23.7 Å². The van der Waals surface area contributed by atoms with Crippen LogP contribution in [-0.4, -0.2) is 36.2 Å². The van der Waals surface area contributed by atoms with Gasteiger partial charge in [0.1, 0.15) is 11.9 Å². The van der Waals surface area contributed by atoms with Gasteiger partial charge in [-0.05, 0) is 31.0 Å². The lowest BCUT2D eigenvalue weighted by molar-refractivity contribution is -0.156. The van der Waals surface area contributed by atoms with E-state index in [9.17, 15) is 13.6 Å². The molecule has 0 amide bonds. The predicted octanol–water partition coefficient (Wildman–Crippen LogP) is 3.55. The maximum Gasteiger partial charge on any atom is 0.347 e. The summed E-state index contributed by atoms with van der Waals surface area (Å²) in [5.74, 6) is -2.40. The zero-order valence-electron chi connectivity index (χ0n) is 14.5. The Morgan fingerprint density at radius 1 is 1.19 bits per heavy atom. The molecule has 2 atom stereocenters. The van der Waals surface area contributed by atoms with Crippen LogP contribution in [0.3, 0.4) is 0 Å². The van der Waals surface area contributed by atoms with E-state index in [0.29, 0.717) is 6.54 Å². The van der Waals surface area contributed by atoms with Crippen molar-refractivity contribution in [3.8, 4) is 5.75 Å². The second-order valence-electron chi connectivity index (χ2n) is 6.40. The number of hydrogen-bond acceptors (Lipinski definition) is 4. The lowest BCUT2D eigenvalue weighted by Crippen LogP contribution is -2.31. The number of rotatable bonds is 6. The maximum absolute atomic E-state index is 13.2. The highest BCUT2D eigenvalue weighted by atomic mass is 19.2. The number of halogens is 2. The highest BCUT2D eigenvalue weighted by molar-refractivity contribution is 5.74. The van der Waals surface area contributed by atoms with Gasteiger partial charge < -0.3 is 9.47 Å². The molecular formula is C20H21F2NO3. The van der Waals surface area contributed by atoms with Gasteiger partial charge in [-0.25, -0.2) is 13.6 Å². The molecule has 0 spiro atoms. The van der Waals surface area contributed by atoms with Gasteiger partial charge in [0.15, 0.2) is 17.7 Å². The van der Waals surface area contributed by atoms with E-state index in [1.165, 1.54) is 18.6 Å². The average molecular weight is 361 g/mol. The third-order valence-corrected chi connectivity index (χ3v) is 4.30. The molecule has 138 valence electrons. The number of nitrogens with zero attached hydrogens (tertiary/aromatic N) is 1. The largest absolute Gasteiger partial charge is 0.479 e. The molecule has 4 nitrogen and oxygen atoms in total. The van der Waals surface area contributed by atoms with Gasteiger partial charge in [-0.1, -0.05) is 30.3 Å². The summed E-state index contributed by atoms with van der Waals surface area (Å²) in [5, 5.41) is 0. The van der Waals surface area contributed by atoms with Crippen molar-refractivity contribution >= 4 is 5.97 Å². The Kier molecular flexibility index (Phi) is 5.83. The third-order valence-electron chi connectivity index (χ3n) is 4.30. The number of likely N-dealkylation sites (tertiary alicyclic amines) is 1. The molecule has 26 heavy (non-hydrogen) atoms. The van der Waals surface area contributed by atoms with Gasteiger partial charge in [-0.15, -0.1) is 0 Å². The lowest BCUT2D eigenvalue weighted by atomic mass is 10.2. The standard InChI is InChI=1S/C20H21F2NO3/c1-14(25-16-7-8-18(21)19(22)11-16)20(24)26-17-9-10-23(13-17)12-15-5-3-2-4-6-15/h2-8,11,14,17H,9-10,12-13H2,1H3/t14?,17-/m1/s1. The van der Waals surface area contributed by atoms with Crippen LogP contribution in [0.1, 0.15) is 18.9 Å². The minimum Gasteiger partial charge on any atom is -0.479 e. The van der Waals surface area contributed by atoms with Crippen LogP contribution in [0.15, 0.2) is 48.5 Å². The lowest BCUT2D eigenvalue weighted by Gasteiger charge is -2.19. The molecule has 0 aliphatic carbocycles. The summed E-state index contributed by atoms with van der Waals surface area (Å²) in [6, 6.07) is 13.3. The summed E-state index contributed by atoms with van der Waals surface area (Å²) in [5.41, 5.74) is 1.22. The molecule has 6 heteroatoms. The summed E-state index contributed by atoms with van der Waals surface area (Å²) < 4.78 is 37.0. The van der Waals surface area contributed by atoms with Gasteiger partial charge in [-0.2, -0.15) is 0 Å². The zero-order valence-corrected chi connectivity index (χ0v) is 14.5. The molecule has 1 heterocycles. The topological polar surface area (TPSA) is 38.8 Å². The van der Waals surface area contributed by atoms with E-state index in [2.05, 4.69) is 17.0 Å². The number of esters is 1. The molecule has 2 aromatic rings. The Morgan fingerprint density at radius 3 is 2.69 bits per heavy atom. The Balaban J connectivity index is 1.47. The zero-order chi connectivity index (χ0) is 18.5. The normalized spacial score (nSPS) is 18.5. The van der Waals surface area contributed by atoms with E-state index in [0.717, 1.165) is 31.6 Å². The van der Waals surface area contributed by atoms with Crippen molar-refractivity contribution in [1.82, 2.24) is 4.90 Å². The molecule has 0 bridgehead atoms. The van der Waals surface area contributed by atoms with Crippen LogP contribution in [0.25, 0.3) is 0 Å². The Labute approximate surface area is 151 Å². The second kappa shape index (κ2) is 8.27. The van der Waals surface area contributed by atoms with Crippen LogP contribution in [0, 0.1) is 11.6 Å². The summed E-state index contributed by atoms with van der Waals surface area (Å²) in [6.07, 6.45) is -0.332. The van der Waals surface area contributed by atoms with Crippen molar-refractivity contribution < 1.29 is 23.0 Å². The summed E-state index contributed by atoms with van der Waals surface area (Å²) >= 11 is 0. The first-order valence-electron chi connectivity index (χ1n) is 8.60. The third kappa shape index (κ3) is 4.79. The molecule has 1 saturated heterocycles. The van der Waals surface area contributed by atoms with Gasteiger partial charge in [0.25, 0.3) is 0 Å². The van der Waals surface area contributed by atoms with Crippen molar-refractivity contribution in [2.45, 2.75) is 32.1 Å². The number of ether oxygens (including phenoxy) is 2. The van der Waals surface area contributed by atoms with E-state index in [1.54, 1.807) is 0 Å². The van der Waals surface area contributed by atoms with Gasteiger partial charge in [0.2, 0.25) is 0 Å². The van der Waals surface area contributed by atoms with Crippen molar-refractivity contribution in [2.75, 3.05) is 13.1 Å². The maximum atomic E-state index is 13.2. The summed E-state index contributed by atoms with van der Waals surface area (Å²) in [6.45, 7) is 3.86. The minimum atomic E-state index is -1.02. The van der Waals surface area contributed by atoms with Gasteiger partial charge in [0, 0.05) is 25.7 Å². The van der Waals surface area contributed by atoms with E-state index in [4.69, 9.17) is 9.47 Å². The van der Waals surface area contributed by atoms with E-state index in [-0.39, 0.29) is 11.9 Å². The average Bonchev–Trinajstić information content (AvgIpc) is 3.06. The number of carbonyl (C=O) groups is 1. The van der Waals surface area contributed by atoms with Crippen molar-refractivity contribution in [3.05, 3.63) is 65.7 Å². The molecule has 1 fully saturated rings. The molecular weight excluding hydrogens is 340 g/mol. The highest BCUT2D eigenvalue weighted by Crippen LogP contribution is 2.19. The number of benzene rings is 2. The Hall–Kier alpha value is -2.47. The fourth-order valence-electron chi connectivity index (χ4n) is 2.94. The first kappa shape index (κ1) is 18.3. The minimum absolute atomic E-state index is 0.0884.